The summed E-state index contributed by atoms with van der Waals surface area (Å²) < 4.78 is 7.39. The molecule has 20 heavy (non-hydrogen) atoms. The number of aromatic nitrogens is 1. The minimum atomic E-state index is -0.0459. The second kappa shape index (κ2) is 5.41. The lowest BCUT2D eigenvalue weighted by Crippen LogP contribution is -2.15. The quantitative estimate of drug-likeness (QED) is 0.671. The topological polar surface area (TPSA) is 51.5 Å². The minimum absolute atomic E-state index is 0.00542. The Hall–Kier alpha value is -2.23. The molecule has 0 amide bonds. The Morgan fingerprint density at radius 2 is 2.25 bits per heavy atom. The highest BCUT2D eigenvalue weighted by Crippen LogP contribution is 2.29. The smallest absolute Gasteiger partial charge is 0.162 e. The van der Waals surface area contributed by atoms with E-state index in [4.69, 9.17) is 4.74 Å². The molecule has 1 aromatic carbocycles. The highest BCUT2D eigenvalue weighted by Gasteiger charge is 2.18. The van der Waals surface area contributed by atoms with Gasteiger partial charge in [-0.15, -0.1) is 0 Å². The van der Waals surface area contributed by atoms with Crippen LogP contribution in [0.1, 0.15) is 29.9 Å². The maximum atomic E-state index is 11.9. The van der Waals surface area contributed by atoms with Crippen molar-refractivity contribution >= 4 is 16.7 Å². The molecule has 0 fully saturated rings. The van der Waals surface area contributed by atoms with Crippen LogP contribution in [0.25, 0.3) is 10.9 Å². The number of phenolic OH excluding ortho intramolecular Hbond substituents is 1. The van der Waals surface area contributed by atoms with Crippen molar-refractivity contribution in [1.82, 2.24) is 4.57 Å². The lowest BCUT2D eigenvalue weighted by Gasteiger charge is -2.15. The molecular weight excluding hydrogens is 254 g/mol. The molecule has 0 radical (unpaired) electrons. The number of hydrogen-bond acceptors (Lipinski definition) is 3. The molecule has 106 valence electrons. The molecule has 1 aromatic heterocycles. The van der Waals surface area contributed by atoms with Crippen LogP contribution in [0.3, 0.4) is 0 Å². The molecular formula is C16H19NO3. The van der Waals surface area contributed by atoms with Crippen molar-refractivity contribution < 1.29 is 14.6 Å². The summed E-state index contributed by atoms with van der Waals surface area (Å²) in [5.74, 6) is 0.154. The number of aromatic hydroxyl groups is 1. The first-order valence-electron chi connectivity index (χ1n) is 6.54. The largest absolute Gasteiger partial charge is 0.508 e. The van der Waals surface area contributed by atoms with Crippen molar-refractivity contribution in [3.63, 3.8) is 0 Å². The standard InChI is InChI=1S/C16H19NO3/c1-5-20-10(2)9-17-11(3)16(12(4)18)14-8-13(19)6-7-15(14)17/h5-8,10,19H,1,9H2,2-4H3. The van der Waals surface area contributed by atoms with Crippen LogP contribution in [0, 0.1) is 6.92 Å². The van der Waals surface area contributed by atoms with Gasteiger partial charge in [-0.2, -0.15) is 0 Å². The van der Waals surface area contributed by atoms with Gasteiger partial charge in [-0.3, -0.25) is 4.79 Å². The Labute approximate surface area is 118 Å². The number of nitrogens with zero attached hydrogens (tertiary/aromatic N) is 1. The summed E-state index contributed by atoms with van der Waals surface area (Å²) >= 11 is 0. The molecule has 0 aliphatic carbocycles. The summed E-state index contributed by atoms with van der Waals surface area (Å²) in [6.45, 7) is 9.57. The number of carbonyl (C=O) groups is 1. The van der Waals surface area contributed by atoms with Gasteiger partial charge >= 0.3 is 0 Å². The number of phenols is 1. The van der Waals surface area contributed by atoms with Gasteiger partial charge in [0.1, 0.15) is 11.9 Å². The van der Waals surface area contributed by atoms with E-state index in [-0.39, 0.29) is 17.6 Å². The number of ether oxygens (including phenoxy) is 1. The van der Waals surface area contributed by atoms with E-state index in [2.05, 4.69) is 6.58 Å². The Balaban J connectivity index is 2.62. The zero-order valence-electron chi connectivity index (χ0n) is 12.0. The average molecular weight is 273 g/mol. The van der Waals surface area contributed by atoms with Gasteiger partial charge in [0.2, 0.25) is 0 Å². The van der Waals surface area contributed by atoms with Gasteiger partial charge in [-0.1, -0.05) is 6.58 Å². The average Bonchev–Trinajstić information content (AvgIpc) is 2.62. The number of hydrogen-bond donors (Lipinski definition) is 1. The molecule has 4 heteroatoms. The van der Waals surface area contributed by atoms with E-state index in [0.717, 1.165) is 16.6 Å². The molecule has 1 heterocycles. The van der Waals surface area contributed by atoms with E-state index in [1.165, 1.54) is 6.26 Å². The van der Waals surface area contributed by atoms with Crippen LogP contribution >= 0.6 is 0 Å². The van der Waals surface area contributed by atoms with Crippen LogP contribution < -0.4 is 0 Å². The van der Waals surface area contributed by atoms with E-state index in [0.29, 0.717) is 12.1 Å². The Kier molecular flexibility index (Phi) is 3.84. The Morgan fingerprint density at radius 3 is 2.85 bits per heavy atom. The van der Waals surface area contributed by atoms with Crippen molar-refractivity contribution in [2.45, 2.75) is 33.4 Å². The summed E-state index contributed by atoms with van der Waals surface area (Å²) in [5.41, 5.74) is 2.46. The number of carbonyl (C=O) groups excluding carboxylic acids is 1. The van der Waals surface area contributed by atoms with Crippen molar-refractivity contribution in [3.8, 4) is 5.75 Å². The third kappa shape index (κ3) is 2.41. The van der Waals surface area contributed by atoms with Crippen LogP contribution in [0.5, 0.6) is 5.75 Å². The normalized spacial score (nSPS) is 12.3. The van der Waals surface area contributed by atoms with E-state index >= 15 is 0 Å². The van der Waals surface area contributed by atoms with Gasteiger partial charge in [-0.25, -0.2) is 0 Å². The lowest BCUT2D eigenvalue weighted by molar-refractivity contribution is 0.101. The van der Waals surface area contributed by atoms with Crippen molar-refractivity contribution in [2.24, 2.45) is 0 Å². The fourth-order valence-corrected chi connectivity index (χ4v) is 2.61. The van der Waals surface area contributed by atoms with Gasteiger partial charge in [0.05, 0.1) is 12.8 Å². The summed E-state index contributed by atoms with van der Waals surface area (Å²) in [7, 11) is 0. The molecule has 1 unspecified atom stereocenters. The summed E-state index contributed by atoms with van der Waals surface area (Å²) in [6, 6.07) is 5.08. The zero-order chi connectivity index (χ0) is 14.9. The Morgan fingerprint density at radius 1 is 1.55 bits per heavy atom. The number of ketones is 1. The fraction of sp³-hybridized carbons (Fsp3) is 0.312. The number of fused-ring (bicyclic) bond motifs is 1. The van der Waals surface area contributed by atoms with Crippen LogP contribution in [0.15, 0.2) is 31.0 Å². The first-order valence-corrected chi connectivity index (χ1v) is 6.54. The number of rotatable bonds is 5. The molecule has 0 aliphatic rings. The SMILES string of the molecule is C=COC(C)Cn1c(C)c(C(C)=O)c2cc(O)ccc21. The van der Waals surface area contributed by atoms with Crippen LogP contribution in [-0.2, 0) is 11.3 Å². The molecule has 0 bridgehead atoms. The van der Waals surface area contributed by atoms with Gasteiger partial charge in [0.15, 0.2) is 5.78 Å². The summed E-state index contributed by atoms with van der Waals surface area (Å²) in [4.78, 5) is 11.9. The third-order valence-corrected chi connectivity index (χ3v) is 3.43. The maximum Gasteiger partial charge on any atom is 0.162 e. The predicted octanol–water partition coefficient (Wildman–Crippen LogP) is 3.41. The molecule has 2 aromatic rings. The maximum absolute atomic E-state index is 11.9. The van der Waals surface area contributed by atoms with Gasteiger partial charge in [0.25, 0.3) is 0 Å². The molecule has 0 aliphatic heterocycles. The molecule has 2 rings (SSSR count). The number of Topliss-reactive ketones (excluding diaryl/α,β-unsaturated/α-hetero) is 1. The van der Waals surface area contributed by atoms with Gasteiger partial charge in [-0.05, 0) is 39.0 Å². The summed E-state index contributed by atoms with van der Waals surface area (Å²) in [5, 5.41) is 10.4. The monoisotopic (exact) mass is 273 g/mol. The van der Waals surface area contributed by atoms with Crippen molar-refractivity contribution in [2.75, 3.05) is 0 Å². The highest BCUT2D eigenvalue weighted by molar-refractivity contribution is 6.08. The molecule has 0 saturated heterocycles. The van der Waals surface area contributed by atoms with E-state index in [9.17, 15) is 9.90 Å². The number of benzene rings is 1. The molecule has 0 spiro atoms. The van der Waals surface area contributed by atoms with Gasteiger partial charge < -0.3 is 14.4 Å². The van der Waals surface area contributed by atoms with Crippen molar-refractivity contribution in [1.29, 1.82) is 0 Å². The fourth-order valence-electron chi connectivity index (χ4n) is 2.61. The van der Waals surface area contributed by atoms with E-state index in [1.807, 2.05) is 24.5 Å². The lowest BCUT2D eigenvalue weighted by atomic mass is 10.1. The highest BCUT2D eigenvalue weighted by atomic mass is 16.5. The minimum Gasteiger partial charge on any atom is -0.508 e. The molecule has 0 saturated carbocycles. The zero-order valence-corrected chi connectivity index (χ0v) is 12.0. The van der Waals surface area contributed by atoms with E-state index < -0.39 is 0 Å². The van der Waals surface area contributed by atoms with Crippen LogP contribution in [0.4, 0.5) is 0 Å². The second-order valence-electron chi connectivity index (χ2n) is 4.94. The molecule has 1 N–H and O–H groups in total. The first kappa shape index (κ1) is 14.2. The molecule has 1 atom stereocenters. The van der Waals surface area contributed by atoms with Gasteiger partial charge in [0, 0.05) is 22.2 Å². The summed E-state index contributed by atoms with van der Waals surface area (Å²) in [6.07, 6.45) is 1.37. The van der Waals surface area contributed by atoms with E-state index in [1.54, 1.807) is 19.1 Å². The van der Waals surface area contributed by atoms with Crippen LogP contribution in [-0.4, -0.2) is 21.6 Å². The Bertz CT molecular complexity index is 670. The third-order valence-electron chi connectivity index (χ3n) is 3.43. The van der Waals surface area contributed by atoms with Crippen LogP contribution in [0.2, 0.25) is 0 Å². The van der Waals surface area contributed by atoms with Crippen molar-refractivity contribution in [3.05, 3.63) is 42.3 Å². The second-order valence-corrected chi connectivity index (χ2v) is 4.94. The first-order chi connectivity index (χ1) is 9.45. The predicted molar refractivity (Wildman–Crippen MR) is 79.1 cm³/mol. The molecule has 4 nitrogen and oxygen atoms in total.